The van der Waals surface area contributed by atoms with Crippen molar-refractivity contribution in [2.24, 2.45) is 0 Å². The average Bonchev–Trinajstić information content (AvgIpc) is 3.62. The molecule has 0 aliphatic heterocycles. The first-order valence-corrected chi connectivity index (χ1v) is 14.4. The van der Waals surface area contributed by atoms with Gasteiger partial charge in [-0.2, -0.15) is 0 Å². The smallest absolute Gasteiger partial charge is 0.143 e. The highest BCUT2D eigenvalue weighted by Crippen LogP contribution is 2.44. The van der Waals surface area contributed by atoms with Crippen LogP contribution >= 0.6 is 0 Å². The Bertz CT molecular complexity index is 3140. The van der Waals surface area contributed by atoms with Gasteiger partial charge >= 0.3 is 0 Å². The van der Waals surface area contributed by atoms with Gasteiger partial charge in [0, 0.05) is 16.3 Å². The molecule has 1 heterocycles. The van der Waals surface area contributed by atoms with Gasteiger partial charge in [-0.25, -0.2) is 0 Å². The van der Waals surface area contributed by atoms with Gasteiger partial charge in [0.15, 0.2) is 0 Å². The molecule has 1 aromatic heterocycles. The van der Waals surface area contributed by atoms with E-state index >= 15 is 0 Å². The van der Waals surface area contributed by atoms with Gasteiger partial charge in [0.05, 0.1) is 17.8 Å². The Morgan fingerprint density at radius 2 is 0.956 bits per heavy atom. The Balaban J connectivity index is 1.32. The minimum absolute atomic E-state index is 0.0767. The Hall–Kier alpha value is -5.92. The molecule has 0 saturated carbocycles. The largest absolute Gasteiger partial charge is 0.455 e. The second kappa shape index (κ2) is 10.4. The van der Waals surface area contributed by atoms with Crippen molar-refractivity contribution in [3.8, 4) is 44.5 Å². The highest BCUT2D eigenvalue weighted by molar-refractivity contribution is 6.21. The first-order chi connectivity index (χ1) is 27.7. The number of benzene rings is 8. The van der Waals surface area contributed by atoms with E-state index in [1.807, 2.05) is 66.7 Å². The molecule has 0 saturated heterocycles. The summed E-state index contributed by atoms with van der Waals surface area (Å²) in [7, 11) is 0. The molecule has 0 N–H and O–H groups in total. The van der Waals surface area contributed by atoms with Crippen LogP contribution in [0, 0.1) is 0 Å². The fourth-order valence-electron chi connectivity index (χ4n) is 6.19. The van der Waals surface area contributed by atoms with Gasteiger partial charge in [0.1, 0.15) is 11.2 Å². The fraction of sp³-hybridized carbons (Fsp3) is 0. The van der Waals surface area contributed by atoms with Crippen molar-refractivity contribution < 1.29 is 22.2 Å². The van der Waals surface area contributed by atoms with Crippen LogP contribution in [0.5, 0.6) is 0 Å². The van der Waals surface area contributed by atoms with Crippen molar-refractivity contribution >= 4 is 43.5 Å². The van der Waals surface area contributed by atoms with Crippen molar-refractivity contribution in [2.75, 3.05) is 0 Å². The lowest BCUT2D eigenvalue weighted by Gasteiger charge is -2.18. The molecule has 0 radical (unpaired) electrons. The monoisotopic (exact) mass is 585 g/mol. The Kier molecular flexibility index (Phi) is 3.62. The summed E-state index contributed by atoms with van der Waals surface area (Å²) in [6.45, 7) is 0. The number of fused-ring (bicyclic) bond motifs is 5. The normalized spacial score (nSPS) is 15.6. The molecule has 0 aliphatic carbocycles. The molecule has 0 bridgehead atoms. The molecule has 0 fully saturated rings. The molecule has 0 atom stereocenters. The van der Waals surface area contributed by atoms with Crippen molar-refractivity contribution in [1.29, 1.82) is 0 Å². The molecule has 1 heteroatoms. The van der Waals surface area contributed by atoms with Crippen molar-refractivity contribution in [3.63, 3.8) is 0 Å². The zero-order valence-electron chi connectivity index (χ0n) is 36.6. The third kappa shape index (κ3) is 4.17. The summed E-state index contributed by atoms with van der Waals surface area (Å²) in [5, 5.41) is 1.16. The van der Waals surface area contributed by atoms with Crippen LogP contribution in [-0.4, -0.2) is 0 Å². The first kappa shape index (κ1) is 15.7. The van der Waals surface area contributed by atoms with Gasteiger partial charge in [-0.15, -0.1) is 0 Å². The molecule has 0 unspecified atom stereocenters. The summed E-state index contributed by atoms with van der Waals surface area (Å²) < 4.78 is 120. The minimum Gasteiger partial charge on any atom is -0.455 e. The highest BCUT2D eigenvalue weighted by atomic mass is 16.3. The van der Waals surface area contributed by atoms with E-state index in [1.165, 1.54) is 0 Å². The maximum atomic E-state index is 9.17. The van der Waals surface area contributed by atoms with Crippen molar-refractivity contribution in [2.45, 2.75) is 0 Å². The number of para-hydroxylation sites is 1. The molecule has 0 amide bonds. The van der Waals surface area contributed by atoms with Crippen molar-refractivity contribution in [1.82, 2.24) is 0 Å². The standard InChI is InChI=1S/C44H28O/c1-3-12-30(13-4-1)34-20-11-21-40-35-27-26-33(28-41(35)45-44(34)40)29-22-24-32(25-23-29)43-38-18-9-7-16-36(38)42(31-14-5-2-6-15-31)37-17-8-10-19-39(37)43/h1-28H/i2D,5D,6D,7D,8D,9D,10D,14D,15D,16D,17D,18D,19D. The number of rotatable bonds is 4. The molecule has 210 valence electrons. The molecular weight excluding hydrogens is 544 g/mol. The first-order valence-electron chi connectivity index (χ1n) is 20.9. The van der Waals surface area contributed by atoms with E-state index < -0.39 is 84.1 Å². The third-order valence-electron chi connectivity index (χ3n) is 8.22. The van der Waals surface area contributed by atoms with E-state index in [2.05, 4.69) is 0 Å². The molecule has 1 nitrogen and oxygen atoms in total. The molecule has 0 spiro atoms. The van der Waals surface area contributed by atoms with Crippen LogP contribution in [0.2, 0.25) is 0 Å². The lowest BCUT2D eigenvalue weighted by atomic mass is 9.86. The predicted octanol–water partition coefficient (Wildman–Crippen LogP) is 12.6. The number of furan rings is 1. The Morgan fingerprint density at radius 1 is 0.378 bits per heavy atom. The van der Waals surface area contributed by atoms with Crippen LogP contribution in [0.3, 0.4) is 0 Å². The molecule has 9 rings (SSSR count). The van der Waals surface area contributed by atoms with E-state index in [9.17, 15) is 2.74 Å². The van der Waals surface area contributed by atoms with E-state index in [1.54, 1.807) is 24.3 Å². The van der Waals surface area contributed by atoms with Crippen LogP contribution in [-0.2, 0) is 0 Å². The summed E-state index contributed by atoms with van der Waals surface area (Å²) in [4.78, 5) is 0. The van der Waals surface area contributed by atoms with Gasteiger partial charge in [-0.1, -0.05) is 157 Å². The number of hydrogen-bond donors (Lipinski definition) is 0. The second-order valence-corrected chi connectivity index (χ2v) is 10.7. The Morgan fingerprint density at radius 3 is 1.62 bits per heavy atom. The number of hydrogen-bond acceptors (Lipinski definition) is 1. The maximum absolute atomic E-state index is 9.17. The van der Waals surface area contributed by atoms with Gasteiger partial charge in [-0.05, 0) is 72.6 Å². The lowest BCUT2D eigenvalue weighted by Crippen LogP contribution is -1.90. The summed E-state index contributed by atoms with van der Waals surface area (Å²) >= 11 is 0. The second-order valence-electron chi connectivity index (χ2n) is 10.7. The maximum Gasteiger partial charge on any atom is 0.143 e. The van der Waals surface area contributed by atoms with Crippen molar-refractivity contribution in [3.05, 3.63) is 170 Å². The Labute approximate surface area is 279 Å². The zero-order chi connectivity index (χ0) is 41.1. The predicted molar refractivity (Wildman–Crippen MR) is 190 cm³/mol. The lowest BCUT2D eigenvalue weighted by molar-refractivity contribution is 0.670. The summed E-state index contributed by atoms with van der Waals surface area (Å²) in [6, 6.07) is 20.6. The summed E-state index contributed by atoms with van der Waals surface area (Å²) in [5.41, 5.74) is 4.69. The van der Waals surface area contributed by atoms with Crippen LogP contribution in [0.15, 0.2) is 174 Å². The zero-order valence-corrected chi connectivity index (χ0v) is 23.6. The van der Waals surface area contributed by atoms with Gasteiger partial charge in [0.2, 0.25) is 0 Å². The van der Waals surface area contributed by atoms with Crippen LogP contribution in [0.1, 0.15) is 17.8 Å². The minimum atomic E-state index is -0.712. The topological polar surface area (TPSA) is 13.1 Å². The van der Waals surface area contributed by atoms with E-state index in [0.717, 1.165) is 38.6 Å². The molecular formula is C44H28O. The SMILES string of the molecule is [2H]c1c([2H])c([2H])c(-c2c3c([2H])c([2H])c([2H])c([2H])c3c(-c3ccc(-c4ccc5c(c4)oc4c(-c6ccccc6)cccc45)cc3)c3c([2H])c([2H])c([2H])c([2H])c23)c([2H])c1[2H]. The van der Waals surface area contributed by atoms with Gasteiger partial charge in [0.25, 0.3) is 0 Å². The van der Waals surface area contributed by atoms with Crippen LogP contribution in [0.4, 0.5) is 0 Å². The summed E-state index contributed by atoms with van der Waals surface area (Å²) in [5.74, 6) is 0. The van der Waals surface area contributed by atoms with Gasteiger partial charge in [-0.3, -0.25) is 0 Å². The van der Waals surface area contributed by atoms with Crippen LogP contribution < -0.4 is 0 Å². The quantitative estimate of drug-likeness (QED) is 0.187. The van der Waals surface area contributed by atoms with E-state index in [-0.39, 0.29) is 32.7 Å². The highest BCUT2D eigenvalue weighted by Gasteiger charge is 2.17. The molecule has 9 aromatic rings. The third-order valence-corrected chi connectivity index (χ3v) is 8.22. The van der Waals surface area contributed by atoms with Gasteiger partial charge < -0.3 is 4.42 Å². The summed E-state index contributed by atoms with van der Waals surface area (Å²) in [6.07, 6.45) is 0. The molecule has 8 aromatic carbocycles. The van der Waals surface area contributed by atoms with Crippen LogP contribution in [0.25, 0.3) is 88.0 Å². The molecule has 45 heavy (non-hydrogen) atoms. The molecule has 0 aliphatic rings. The van der Waals surface area contributed by atoms with E-state index in [0.29, 0.717) is 11.1 Å². The average molecular weight is 586 g/mol. The fourth-order valence-corrected chi connectivity index (χ4v) is 6.19. The van der Waals surface area contributed by atoms with E-state index in [4.69, 9.17) is 19.5 Å².